The molecule has 1 amide bonds. The van der Waals surface area contributed by atoms with Crippen molar-refractivity contribution in [2.45, 2.75) is 13.8 Å². The number of rotatable bonds is 19. The SMILES string of the molecule is CNCCOCCOCCOCCOCCOCCNC(=O)C(C)C. The predicted molar refractivity (Wildman–Crippen MR) is 95.9 cm³/mol. The fourth-order valence-electron chi connectivity index (χ4n) is 1.61. The molecule has 0 aliphatic heterocycles. The molecule has 0 spiro atoms. The van der Waals surface area contributed by atoms with Crippen LogP contribution >= 0.6 is 0 Å². The first-order valence-electron chi connectivity index (χ1n) is 8.99. The molecule has 0 aromatic carbocycles. The van der Waals surface area contributed by atoms with E-state index in [1.807, 2.05) is 20.9 Å². The zero-order valence-corrected chi connectivity index (χ0v) is 16.0. The lowest BCUT2D eigenvalue weighted by molar-refractivity contribution is -0.124. The van der Waals surface area contributed by atoms with Gasteiger partial charge >= 0.3 is 0 Å². The summed E-state index contributed by atoms with van der Waals surface area (Å²) in [5.74, 6) is 0.0488. The van der Waals surface area contributed by atoms with Gasteiger partial charge in [0.1, 0.15) is 0 Å². The van der Waals surface area contributed by atoms with Gasteiger partial charge in [0.05, 0.1) is 66.1 Å². The van der Waals surface area contributed by atoms with E-state index >= 15 is 0 Å². The van der Waals surface area contributed by atoms with Gasteiger partial charge in [0.25, 0.3) is 0 Å². The first kappa shape index (κ1) is 24.2. The minimum Gasteiger partial charge on any atom is -0.378 e. The largest absolute Gasteiger partial charge is 0.378 e. The summed E-state index contributed by atoms with van der Waals surface area (Å²) < 4.78 is 26.8. The van der Waals surface area contributed by atoms with Gasteiger partial charge in [0.2, 0.25) is 5.91 Å². The molecule has 0 rings (SSSR count). The number of carbonyl (C=O) groups excluding carboxylic acids is 1. The number of hydrogen-bond donors (Lipinski definition) is 2. The second kappa shape index (κ2) is 19.6. The van der Waals surface area contributed by atoms with Crippen LogP contribution < -0.4 is 10.6 Å². The third kappa shape index (κ3) is 19.4. The fraction of sp³-hybridized carbons (Fsp3) is 0.941. The van der Waals surface area contributed by atoms with Crippen LogP contribution in [0, 0.1) is 5.92 Å². The minimum atomic E-state index is 0.00501. The molecule has 2 N–H and O–H groups in total. The maximum atomic E-state index is 11.3. The second-order valence-corrected chi connectivity index (χ2v) is 5.61. The third-order valence-electron chi connectivity index (χ3n) is 3.05. The van der Waals surface area contributed by atoms with E-state index in [0.717, 1.165) is 6.54 Å². The molecule has 0 atom stereocenters. The van der Waals surface area contributed by atoms with Crippen molar-refractivity contribution >= 4 is 5.91 Å². The van der Waals surface area contributed by atoms with Crippen LogP contribution in [0.15, 0.2) is 0 Å². The van der Waals surface area contributed by atoms with E-state index in [-0.39, 0.29) is 11.8 Å². The highest BCUT2D eigenvalue weighted by Crippen LogP contribution is 1.89. The van der Waals surface area contributed by atoms with Gasteiger partial charge in [-0.25, -0.2) is 0 Å². The Bertz CT molecular complexity index is 292. The quantitative estimate of drug-likeness (QED) is 0.313. The van der Waals surface area contributed by atoms with Crippen LogP contribution in [0.1, 0.15) is 13.8 Å². The Morgan fingerprint density at radius 1 is 0.680 bits per heavy atom. The molecule has 0 saturated carbocycles. The van der Waals surface area contributed by atoms with Crippen molar-refractivity contribution in [1.82, 2.24) is 10.6 Å². The molecule has 0 aliphatic carbocycles. The summed E-state index contributed by atoms with van der Waals surface area (Å²) >= 11 is 0. The first-order valence-corrected chi connectivity index (χ1v) is 8.99. The summed E-state index contributed by atoms with van der Waals surface area (Å²) in [5, 5.41) is 5.79. The van der Waals surface area contributed by atoms with Crippen LogP contribution in [0.25, 0.3) is 0 Å². The summed E-state index contributed by atoms with van der Waals surface area (Å²) in [7, 11) is 1.89. The molecule has 8 heteroatoms. The number of amides is 1. The van der Waals surface area contributed by atoms with Crippen LogP contribution in [0.3, 0.4) is 0 Å². The predicted octanol–water partition coefficient (Wildman–Crippen LogP) is 0.0610. The lowest BCUT2D eigenvalue weighted by Gasteiger charge is -2.09. The van der Waals surface area contributed by atoms with Gasteiger partial charge in [-0.15, -0.1) is 0 Å². The van der Waals surface area contributed by atoms with Crippen molar-refractivity contribution in [2.24, 2.45) is 5.92 Å². The molecular weight excluding hydrogens is 328 g/mol. The van der Waals surface area contributed by atoms with Crippen molar-refractivity contribution in [1.29, 1.82) is 0 Å². The van der Waals surface area contributed by atoms with Crippen molar-refractivity contribution in [2.75, 3.05) is 86.2 Å². The van der Waals surface area contributed by atoms with E-state index in [1.54, 1.807) is 0 Å². The van der Waals surface area contributed by atoms with Crippen LogP contribution in [0.5, 0.6) is 0 Å². The Balaban J connectivity index is 3.04. The Morgan fingerprint density at radius 3 is 1.40 bits per heavy atom. The summed E-state index contributed by atoms with van der Waals surface area (Å²) in [4.78, 5) is 11.3. The summed E-state index contributed by atoms with van der Waals surface area (Å²) in [6.45, 7) is 10.7. The number of nitrogens with one attached hydrogen (secondary N) is 2. The van der Waals surface area contributed by atoms with Crippen LogP contribution in [0.4, 0.5) is 0 Å². The van der Waals surface area contributed by atoms with Crippen molar-refractivity contribution in [3.8, 4) is 0 Å². The Kier molecular flexibility index (Phi) is 19.0. The number of carbonyl (C=O) groups is 1. The lowest BCUT2D eigenvalue weighted by atomic mass is 10.2. The summed E-state index contributed by atoms with van der Waals surface area (Å²) in [6.07, 6.45) is 0. The number of ether oxygens (including phenoxy) is 5. The first-order chi connectivity index (χ1) is 12.2. The molecule has 0 saturated heterocycles. The normalized spacial score (nSPS) is 11.2. The molecule has 150 valence electrons. The van der Waals surface area contributed by atoms with Gasteiger partial charge in [-0.3, -0.25) is 4.79 Å². The van der Waals surface area contributed by atoms with E-state index < -0.39 is 0 Å². The Morgan fingerprint density at radius 2 is 1.04 bits per heavy atom. The molecule has 0 aromatic heterocycles. The monoisotopic (exact) mass is 364 g/mol. The Hall–Kier alpha value is -0.770. The number of likely N-dealkylation sites (N-methyl/N-ethyl adjacent to an activating group) is 1. The van der Waals surface area contributed by atoms with Crippen LogP contribution in [-0.2, 0) is 28.5 Å². The van der Waals surface area contributed by atoms with Crippen molar-refractivity contribution < 1.29 is 28.5 Å². The molecule has 0 aliphatic rings. The van der Waals surface area contributed by atoms with Gasteiger partial charge in [-0.05, 0) is 7.05 Å². The highest BCUT2D eigenvalue weighted by Gasteiger charge is 2.04. The van der Waals surface area contributed by atoms with Gasteiger partial charge in [0, 0.05) is 19.0 Å². The summed E-state index contributed by atoms with van der Waals surface area (Å²) in [6, 6.07) is 0. The maximum absolute atomic E-state index is 11.3. The minimum absolute atomic E-state index is 0.00501. The average Bonchev–Trinajstić information content (AvgIpc) is 2.60. The molecule has 0 bridgehead atoms. The second-order valence-electron chi connectivity index (χ2n) is 5.61. The van der Waals surface area contributed by atoms with E-state index in [4.69, 9.17) is 23.7 Å². The molecule has 0 fully saturated rings. The zero-order chi connectivity index (χ0) is 18.6. The van der Waals surface area contributed by atoms with Crippen molar-refractivity contribution in [3.05, 3.63) is 0 Å². The zero-order valence-electron chi connectivity index (χ0n) is 16.0. The average molecular weight is 364 g/mol. The topological polar surface area (TPSA) is 87.3 Å². The van der Waals surface area contributed by atoms with E-state index in [2.05, 4.69) is 10.6 Å². The Labute approximate surface area is 151 Å². The lowest BCUT2D eigenvalue weighted by Crippen LogP contribution is -2.31. The molecule has 0 aromatic rings. The molecule has 0 heterocycles. The number of hydrogen-bond acceptors (Lipinski definition) is 7. The van der Waals surface area contributed by atoms with Gasteiger partial charge in [-0.1, -0.05) is 13.8 Å². The van der Waals surface area contributed by atoms with Crippen LogP contribution in [-0.4, -0.2) is 92.1 Å². The van der Waals surface area contributed by atoms with Crippen molar-refractivity contribution in [3.63, 3.8) is 0 Å². The van der Waals surface area contributed by atoms with Gasteiger partial charge in [0.15, 0.2) is 0 Å². The van der Waals surface area contributed by atoms with Gasteiger partial charge < -0.3 is 34.3 Å². The van der Waals surface area contributed by atoms with E-state index in [0.29, 0.717) is 72.6 Å². The highest BCUT2D eigenvalue weighted by atomic mass is 16.6. The molecule has 8 nitrogen and oxygen atoms in total. The fourth-order valence-corrected chi connectivity index (χ4v) is 1.61. The third-order valence-corrected chi connectivity index (χ3v) is 3.05. The van der Waals surface area contributed by atoms with Crippen LogP contribution in [0.2, 0.25) is 0 Å². The van der Waals surface area contributed by atoms with Gasteiger partial charge in [-0.2, -0.15) is 0 Å². The van der Waals surface area contributed by atoms with E-state index in [9.17, 15) is 4.79 Å². The highest BCUT2D eigenvalue weighted by molar-refractivity contribution is 5.77. The molecule has 0 radical (unpaired) electrons. The molecule has 25 heavy (non-hydrogen) atoms. The molecule has 0 unspecified atom stereocenters. The summed E-state index contributed by atoms with van der Waals surface area (Å²) in [5.41, 5.74) is 0. The molecular formula is C17H36N2O6. The van der Waals surface area contributed by atoms with E-state index in [1.165, 1.54) is 0 Å². The standard InChI is InChI=1S/C17H36N2O6/c1-16(2)17(20)19-5-7-22-9-11-24-13-15-25-14-12-23-10-8-21-6-4-18-3/h16,18H,4-15H2,1-3H3,(H,19,20). The maximum Gasteiger partial charge on any atom is 0.222 e. The smallest absolute Gasteiger partial charge is 0.222 e.